The monoisotopic (exact) mass is 414 g/mol. The zero-order valence-corrected chi connectivity index (χ0v) is 15.6. The molecule has 2 aromatic rings. The van der Waals surface area contributed by atoms with Crippen LogP contribution in [-0.4, -0.2) is 41.0 Å². The third-order valence-corrected chi connectivity index (χ3v) is 4.90. The summed E-state index contributed by atoms with van der Waals surface area (Å²) >= 11 is 6.05. The third kappa shape index (κ3) is 4.71. The number of hydrogen-bond donors (Lipinski definition) is 0. The molecule has 0 unspecified atom stereocenters. The number of nitro benzene ring substituents is 1. The summed E-state index contributed by atoms with van der Waals surface area (Å²) in [4.78, 5) is 18.6. The van der Waals surface area contributed by atoms with E-state index in [2.05, 4.69) is 9.88 Å². The molecule has 1 aromatic carbocycles. The molecule has 0 radical (unpaired) electrons. The number of para-hydroxylation sites is 1. The summed E-state index contributed by atoms with van der Waals surface area (Å²) < 4.78 is 38.4. The van der Waals surface area contributed by atoms with Crippen molar-refractivity contribution in [3.05, 3.63) is 62.8 Å². The van der Waals surface area contributed by atoms with Crippen molar-refractivity contribution in [3.63, 3.8) is 0 Å². The van der Waals surface area contributed by atoms with Crippen LogP contribution in [0.5, 0.6) is 0 Å². The SMILES string of the molecule is O=[N+]([O-])c1ccccc1CN1CCCN(c2ncc(C(F)(F)F)cc2Cl)CC1. The number of halogens is 4. The van der Waals surface area contributed by atoms with Crippen LogP contribution in [0.15, 0.2) is 36.5 Å². The minimum Gasteiger partial charge on any atom is -0.354 e. The van der Waals surface area contributed by atoms with E-state index in [1.807, 2.05) is 4.90 Å². The highest BCUT2D eigenvalue weighted by Crippen LogP contribution is 2.33. The molecule has 0 atom stereocenters. The molecule has 0 amide bonds. The molecule has 150 valence electrons. The molecular formula is C18H18ClF3N4O2. The van der Waals surface area contributed by atoms with Crippen LogP contribution >= 0.6 is 11.6 Å². The second-order valence-electron chi connectivity index (χ2n) is 6.53. The van der Waals surface area contributed by atoms with E-state index in [0.717, 1.165) is 18.7 Å². The van der Waals surface area contributed by atoms with E-state index in [0.29, 0.717) is 44.1 Å². The number of nitrogens with zero attached hydrogens (tertiary/aromatic N) is 4. The second-order valence-corrected chi connectivity index (χ2v) is 6.94. The highest BCUT2D eigenvalue weighted by atomic mass is 35.5. The van der Waals surface area contributed by atoms with Gasteiger partial charge < -0.3 is 4.90 Å². The van der Waals surface area contributed by atoms with Gasteiger partial charge in [-0.25, -0.2) is 4.98 Å². The van der Waals surface area contributed by atoms with Gasteiger partial charge in [0.15, 0.2) is 0 Å². The minimum absolute atomic E-state index is 0.0398. The number of rotatable bonds is 4. The number of anilines is 1. The Morgan fingerprint density at radius 1 is 1.18 bits per heavy atom. The topological polar surface area (TPSA) is 62.5 Å². The highest BCUT2D eigenvalue weighted by Gasteiger charge is 2.32. The Kier molecular flexibility index (Phi) is 6.04. The van der Waals surface area contributed by atoms with E-state index in [4.69, 9.17) is 11.6 Å². The molecule has 10 heteroatoms. The van der Waals surface area contributed by atoms with Crippen LogP contribution in [-0.2, 0) is 12.7 Å². The molecular weight excluding hydrogens is 397 g/mol. The molecule has 1 aliphatic heterocycles. The van der Waals surface area contributed by atoms with Gasteiger partial charge in [0.1, 0.15) is 5.82 Å². The maximum absolute atomic E-state index is 12.8. The van der Waals surface area contributed by atoms with Crippen molar-refractivity contribution in [2.45, 2.75) is 19.1 Å². The largest absolute Gasteiger partial charge is 0.417 e. The minimum atomic E-state index is -4.49. The molecule has 2 heterocycles. The predicted octanol–water partition coefficient (Wildman–Crippen LogP) is 4.37. The molecule has 1 aromatic heterocycles. The Balaban J connectivity index is 1.70. The maximum Gasteiger partial charge on any atom is 0.417 e. The van der Waals surface area contributed by atoms with E-state index in [1.165, 1.54) is 6.07 Å². The first-order valence-corrected chi connectivity index (χ1v) is 9.06. The van der Waals surface area contributed by atoms with Gasteiger partial charge in [-0.05, 0) is 12.5 Å². The van der Waals surface area contributed by atoms with E-state index in [9.17, 15) is 23.3 Å². The van der Waals surface area contributed by atoms with Crippen molar-refractivity contribution < 1.29 is 18.1 Å². The van der Waals surface area contributed by atoms with Gasteiger partial charge in [0, 0.05) is 50.6 Å². The predicted molar refractivity (Wildman–Crippen MR) is 99.5 cm³/mol. The molecule has 1 saturated heterocycles. The first kappa shape index (κ1) is 20.3. The quantitative estimate of drug-likeness (QED) is 0.549. The Labute approximate surface area is 164 Å². The van der Waals surface area contributed by atoms with Crippen LogP contribution < -0.4 is 4.90 Å². The number of benzene rings is 1. The lowest BCUT2D eigenvalue weighted by Crippen LogP contribution is -2.31. The summed E-state index contributed by atoms with van der Waals surface area (Å²) in [5, 5.41) is 11.1. The molecule has 1 aliphatic rings. The van der Waals surface area contributed by atoms with Crippen LogP contribution in [0.3, 0.4) is 0 Å². The van der Waals surface area contributed by atoms with Crippen LogP contribution in [0.4, 0.5) is 24.7 Å². The first-order valence-electron chi connectivity index (χ1n) is 8.68. The lowest BCUT2D eigenvalue weighted by Gasteiger charge is -2.24. The van der Waals surface area contributed by atoms with Crippen molar-refractivity contribution in [2.24, 2.45) is 0 Å². The molecule has 0 saturated carbocycles. The Morgan fingerprint density at radius 3 is 2.61 bits per heavy atom. The summed E-state index contributed by atoms with van der Waals surface area (Å²) in [5.41, 5.74) is -0.170. The zero-order valence-electron chi connectivity index (χ0n) is 14.8. The molecule has 0 N–H and O–H groups in total. The van der Waals surface area contributed by atoms with Crippen molar-refractivity contribution >= 4 is 23.1 Å². The molecule has 0 spiro atoms. The van der Waals surface area contributed by atoms with Gasteiger partial charge in [0.2, 0.25) is 0 Å². The number of pyridine rings is 1. The van der Waals surface area contributed by atoms with Gasteiger partial charge in [-0.3, -0.25) is 15.0 Å². The van der Waals surface area contributed by atoms with Gasteiger partial charge in [-0.1, -0.05) is 29.8 Å². The second kappa shape index (κ2) is 8.32. The van der Waals surface area contributed by atoms with Gasteiger partial charge in [-0.15, -0.1) is 0 Å². The number of hydrogen-bond acceptors (Lipinski definition) is 5. The van der Waals surface area contributed by atoms with Crippen LogP contribution in [0.2, 0.25) is 5.02 Å². The fraction of sp³-hybridized carbons (Fsp3) is 0.389. The lowest BCUT2D eigenvalue weighted by atomic mass is 10.1. The average Bonchev–Trinajstić information content (AvgIpc) is 2.87. The zero-order chi connectivity index (χ0) is 20.3. The molecule has 0 aliphatic carbocycles. The number of aromatic nitrogens is 1. The maximum atomic E-state index is 12.8. The van der Waals surface area contributed by atoms with Crippen molar-refractivity contribution in [1.29, 1.82) is 0 Å². The Bertz CT molecular complexity index is 863. The van der Waals surface area contributed by atoms with E-state index < -0.39 is 16.7 Å². The average molecular weight is 415 g/mol. The standard InChI is InChI=1S/C18H18ClF3N4O2/c19-15-10-14(18(20,21)22)11-23-17(15)25-7-3-6-24(8-9-25)12-13-4-1-2-5-16(13)26(27)28/h1-2,4-5,10-11H,3,6-9,12H2. The molecule has 6 nitrogen and oxygen atoms in total. The fourth-order valence-corrected chi connectivity index (χ4v) is 3.51. The smallest absolute Gasteiger partial charge is 0.354 e. The van der Waals surface area contributed by atoms with Gasteiger partial charge in [0.05, 0.1) is 15.5 Å². The third-order valence-electron chi connectivity index (χ3n) is 4.62. The van der Waals surface area contributed by atoms with Crippen LogP contribution in [0, 0.1) is 10.1 Å². The van der Waals surface area contributed by atoms with E-state index >= 15 is 0 Å². The lowest BCUT2D eigenvalue weighted by molar-refractivity contribution is -0.385. The molecule has 1 fully saturated rings. The molecule has 3 rings (SSSR count). The fourth-order valence-electron chi connectivity index (χ4n) is 3.22. The molecule has 0 bridgehead atoms. The Hall–Kier alpha value is -2.39. The van der Waals surface area contributed by atoms with Crippen LogP contribution in [0.25, 0.3) is 0 Å². The van der Waals surface area contributed by atoms with Gasteiger partial charge in [0.25, 0.3) is 5.69 Å². The Morgan fingerprint density at radius 2 is 1.93 bits per heavy atom. The van der Waals surface area contributed by atoms with Gasteiger partial charge >= 0.3 is 6.18 Å². The molecule has 28 heavy (non-hydrogen) atoms. The normalized spacial score (nSPS) is 16.1. The highest BCUT2D eigenvalue weighted by molar-refractivity contribution is 6.33. The van der Waals surface area contributed by atoms with E-state index in [1.54, 1.807) is 18.2 Å². The van der Waals surface area contributed by atoms with Crippen molar-refractivity contribution in [1.82, 2.24) is 9.88 Å². The van der Waals surface area contributed by atoms with Crippen LogP contribution in [0.1, 0.15) is 17.5 Å². The van der Waals surface area contributed by atoms with Gasteiger partial charge in [-0.2, -0.15) is 13.2 Å². The van der Waals surface area contributed by atoms with Crippen molar-refractivity contribution in [3.8, 4) is 0 Å². The summed E-state index contributed by atoms with van der Waals surface area (Å²) in [6.07, 6.45) is -2.97. The summed E-state index contributed by atoms with van der Waals surface area (Å²) in [6, 6.07) is 7.49. The number of nitro groups is 1. The summed E-state index contributed by atoms with van der Waals surface area (Å²) in [5.74, 6) is 0.321. The summed E-state index contributed by atoms with van der Waals surface area (Å²) in [6.45, 7) is 2.83. The first-order chi connectivity index (χ1) is 13.3. The number of alkyl halides is 3. The van der Waals surface area contributed by atoms with E-state index in [-0.39, 0.29) is 10.7 Å². The van der Waals surface area contributed by atoms with Crippen molar-refractivity contribution in [2.75, 3.05) is 31.1 Å². The summed E-state index contributed by atoms with van der Waals surface area (Å²) in [7, 11) is 0.